The van der Waals surface area contributed by atoms with Crippen molar-refractivity contribution in [3.05, 3.63) is 67.2 Å². The lowest BCUT2D eigenvalue weighted by Crippen LogP contribution is -2.05. The summed E-state index contributed by atoms with van der Waals surface area (Å²) in [6.45, 7) is 0. The number of H-pyrrole nitrogens is 1. The quantitative estimate of drug-likeness (QED) is 0.669. The van der Waals surface area contributed by atoms with Gasteiger partial charge in [-0.05, 0) is 23.8 Å². The summed E-state index contributed by atoms with van der Waals surface area (Å²) in [5.74, 6) is 0.0179. The van der Waals surface area contributed by atoms with Crippen molar-refractivity contribution in [2.24, 2.45) is 0 Å². The van der Waals surface area contributed by atoms with Gasteiger partial charge in [-0.25, -0.2) is 4.98 Å². The fourth-order valence-corrected chi connectivity index (χ4v) is 3.06. The van der Waals surface area contributed by atoms with E-state index in [9.17, 15) is 23.1 Å². The van der Waals surface area contributed by atoms with Gasteiger partial charge < -0.3 is 9.84 Å². The number of thiazole rings is 1. The molecule has 5 nitrogen and oxygen atoms in total. The third-order valence-corrected chi connectivity index (χ3v) is 4.48. The van der Waals surface area contributed by atoms with E-state index in [2.05, 4.69) is 9.97 Å². The van der Waals surface area contributed by atoms with Gasteiger partial charge in [0.2, 0.25) is 11.8 Å². The smallest absolute Gasteiger partial charge is 0.417 e. The number of benzene rings is 1. The second-order valence-electron chi connectivity index (χ2n) is 5.22. The van der Waals surface area contributed by atoms with Crippen LogP contribution in [0.4, 0.5) is 13.2 Å². The molecule has 0 amide bonds. The van der Waals surface area contributed by atoms with Gasteiger partial charge in [0, 0.05) is 12.6 Å². The van der Waals surface area contributed by atoms with E-state index in [4.69, 9.17) is 16.3 Å². The van der Waals surface area contributed by atoms with E-state index in [1.807, 2.05) is 0 Å². The highest BCUT2D eigenvalue weighted by Crippen LogP contribution is 2.34. The number of pyridine rings is 1. The van der Waals surface area contributed by atoms with E-state index < -0.39 is 11.7 Å². The van der Waals surface area contributed by atoms with Crippen LogP contribution in [0.25, 0.3) is 0 Å². The average molecular weight is 403 g/mol. The van der Waals surface area contributed by atoms with E-state index in [0.717, 1.165) is 23.0 Å². The third-order valence-electron chi connectivity index (χ3n) is 3.34. The van der Waals surface area contributed by atoms with Crippen molar-refractivity contribution in [1.82, 2.24) is 9.97 Å². The molecule has 0 bridgehead atoms. The van der Waals surface area contributed by atoms with E-state index in [0.29, 0.717) is 23.2 Å². The fourth-order valence-electron chi connectivity index (χ4n) is 2.10. The molecule has 3 rings (SSSR count). The van der Waals surface area contributed by atoms with Gasteiger partial charge in [-0.2, -0.15) is 13.2 Å². The minimum atomic E-state index is -4.54. The number of alkyl halides is 3. The number of nitrogens with zero attached hydrogens (tertiary/aromatic N) is 1. The summed E-state index contributed by atoms with van der Waals surface area (Å²) in [4.78, 5) is 17.2. The number of aromatic hydroxyl groups is 1. The van der Waals surface area contributed by atoms with Crippen LogP contribution in [0, 0.1) is 0 Å². The van der Waals surface area contributed by atoms with Gasteiger partial charge in [0.05, 0.1) is 10.4 Å². The van der Waals surface area contributed by atoms with E-state index in [1.165, 1.54) is 0 Å². The number of hydrogen-bond acceptors (Lipinski definition) is 5. The first-order valence-electron chi connectivity index (χ1n) is 7.13. The Morgan fingerprint density at radius 2 is 1.96 bits per heavy atom. The molecule has 0 unspecified atom stereocenters. The molecule has 0 radical (unpaired) electrons. The molecule has 2 aromatic heterocycles. The summed E-state index contributed by atoms with van der Waals surface area (Å²) in [5, 5.41) is 9.32. The number of rotatable bonds is 4. The highest BCUT2D eigenvalue weighted by Gasteiger charge is 2.31. The van der Waals surface area contributed by atoms with Crippen molar-refractivity contribution >= 4 is 22.9 Å². The van der Waals surface area contributed by atoms with E-state index in [-0.39, 0.29) is 21.7 Å². The van der Waals surface area contributed by atoms with Gasteiger partial charge in [-0.1, -0.05) is 35.1 Å². The van der Waals surface area contributed by atoms with Gasteiger partial charge in [-0.15, -0.1) is 0 Å². The standard InChI is InChI=1S/C16H10ClF3N2O3S/c17-11-6-9(16(18,19)20)7-21-14(11)25-10-3-1-8(2-4-10)5-12-13(23)22-15(24)26-12/h1-4,6-7,23H,5H2,(H,22,24). The van der Waals surface area contributed by atoms with Crippen LogP contribution >= 0.6 is 22.9 Å². The largest absolute Gasteiger partial charge is 0.494 e. The lowest BCUT2D eigenvalue weighted by molar-refractivity contribution is -0.137. The van der Waals surface area contributed by atoms with Crippen molar-refractivity contribution < 1.29 is 23.0 Å². The Balaban J connectivity index is 1.73. The molecule has 26 heavy (non-hydrogen) atoms. The number of aromatic amines is 1. The van der Waals surface area contributed by atoms with E-state index in [1.54, 1.807) is 24.3 Å². The van der Waals surface area contributed by atoms with Gasteiger partial charge in [0.1, 0.15) is 10.8 Å². The number of nitrogens with one attached hydrogen (secondary N) is 1. The molecule has 10 heteroatoms. The SMILES string of the molecule is O=c1[nH]c(O)c(Cc2ccc(Oc3ncc(C(F)(F)F)cc3Cl)cc2)s1. The molecule has 0 aliphatic rings. The lowest BCUT2D eigenvalue weighted by atomic mass is 10.1. The predicted octanol–water partition coefficient (Wildman–Crippen LogP) is 4.59. The molecule has 0 fully saturated rings. The highest BCUT2D eigenvalue weighted by molar-refractivity contribution is 7.09. The molecule has 136 valence electrons. The molecule has 1 aromatic carbocycles. The number of hydrogen-bond donors (Lipinski definition) is 2. The van der Waals surface area contributed by atoms with Gasteiger partial charge in [0.15, 0.2) is 0 Å². The van der Waals surface area contributed by atoms with Gasteiger partial charge in [0.25, 0.3) is 0 Å². The molecular weight excluding hydrogens is 393 g/mol. The molecule has 3 aromatic rings. The van der Waals surface area contributed by atoms with Crippen molar-refractivity contribution in [3.63, 3.8) is 0 Å². The first-order chi connectivity index (χ1) is 12.2. The summed E-state index contributed by atoms with van der Waals surface area (Å²) in [6, 6.07) is 7.29. The maximum absolute atomic E-state index is 12.6. The monoisotopic (exact) mass is 402 g/mol. The Morgan fingerprint density at radius 3 is 2.50 bits per heavy atom. The second-order valence-corrected chi connectivity index (χ2v) is 6.69. The van der Waals surface area contributed by atoms with Crippen LogP contribution in [0.5, 0.6) is 17.5 Å². The lowest BCUT2D eigenvalue weighted by Gasteiger charge is -2.10. The van der Waals surface area contributed by atoms with Crippen molar-refractivity contribution in [2.45, 2.75) is 12.6 Å². The number of ether oxygens (including phenoxy) is 1. The molecule has 2 N–H and O–H groups in total. The molecule has 0 saturated carbocycles. The second kappa shape index (κ2) is 7.00. The Labute approximate surface area is 153 Å². The topological polar surface area (TPSA) is 75.2 Å². The Morgan fingerprint density at radius 1 is 1.27 bits per heavy atom. The maximum Gasteiger partial charge on any atom is 0.417 e. The van der Waals surface area contributed by atoms with Crippen LogP contribution in [0.15, 0.2) is 41.3 Å². The molecule has 0 spiro atoms. The van der Waals surface area contributed by atoms with Crippen LogP contribution < -0.4 is 9.61 Å². The Bertz CT molecular complexity index is 984. The average Bonchev–Trinajstić information content (AvgIpc) is 2.87. The summed E-state index contributed by atoms with van der Waals surface area (Å²) >= 11 is 6.71. The summed E-state index contributed by atoms with van der Waals surface area (Å²) in [5.41, 5.74) is -0.162. The molecule has 0 aliphatic heterocycles. The van der Waals surface area contributed by atoms with Crippen LogP contribution in [0.3, 0.4) is 0 Å². The zero-order valence-electron chi connectivity index (χ0n) is 12.8. The van der Waals surface area contributed by atoms with E-state index >= 15 is 0 Å². The van der Waals surface area contributed by atoms with Gasteiger partial charge >= 0.3 is 11.0 Å². The highest BCUT2D eigenvalue weighted by atomic mass is 35.5. The Kier molecular flexibility index (Phi) is 4.92. The number of aromatic nitrogens is 2. The zero-order chi connectivity index (χ0) is 18.9. The minimum Gasteiger partial charge on any atom is -0.494 e. The molecule has 0 saturated heterocycles. The zero-order valence-corrected chi connectivity index (χ0v) is 14.4. The maximum atomic E-state index is 12.6. The van der Waals surface area contributed by atoms with Crippen LogP contribution in [0.2, 0.25) is 5.02 Å². The normalized spacial score (nSPS) is 11.5. The minimum absolute atomic E-state index is 0.145. The first-order valence-corrected chi connectivity index (χ1v) is 8.32. The van der Waals surface area contributed by atoms with Crippen molar-refractivity contribution in [3.8, 4) is 17.5 Å². The molecular formula is C16H10ClF3N2O3S. The van der Waals surface area contributed by atoms with Crippen molar-refractivity contribution in [1.29, 1.82) is 0 Å². The fraction of sp³-hybridized carbons (Fsp3) is 0.125. The first kappa shape index (κ1) is 18.3. The summed E-state index contributed by atoms with van der Waals surface area (Å²) in [7, 11) is 0. The third kappa shape index (κ3) is 4.17. The summed E-state index contributed by atoms with van der Waals surface area (Å²) in [6.07, 6.45) is -3.55. The van der Waals surface area contributed by atoms with Crippen molar-refractivity contribution in [2.75, 3.05) is 0 Å². The van der Waals surface area contributed by atoms with Crippen LogP contribution in [0.1, 0.15) is 16.0 Å². The molecule has 0 atom stereocenters. The predicted molar refractivity (Wildman–Crippen MR) is 90.2 cm³/mol. The summed E-state index contributed by atoms with van der Waals surface area (Å²) < 4.78 is 43.2. The Hall–Kier alpha value is -2.52. The van der Waals surface area contributed by atoms with Crippen LogP contribution in [-0.2, 0) is 12.6 Å². The number of halogens is 4. The molecule has 0 aliphatic carbocycles. The van der Waals surface area contributed by atoms with Crippen LogP contribution in [-0.4, -0.2) is 15.1 Å². The van der Waals surface area contributed by atoms with Gasteiger partial charge in [-0.3, -0.25) is 9.78 Å². The molecule has 2 heterocycles.